The van der Waals surface area contributed by atoms with Gasteiger partial charge in [-0.25, -0.2) is 10.2 Å². The van der Waals surface area contributed by atoms with Crippen LogP contribution in [0.1, 0.15) is 33.2 Å². The predicted molar refractivity (Wildman–Crippen MR) is 154 cm³/mol. The lowest BCUT2D eigenvalue weighted by atomic mass is 10.0. The molecule has 0 aliphatic heterocycles. The molecule has 0 unspecified atom stereocenters. The molecule has 2 N–H and O–H groups in total. The van der Waals surface area contributed by atoms with Gasteiger partial charge in [-0.1, -0.05) is 30.3 Å². The molecule has 10 heteroatoms. The Morgan fingerprint density at radius 3 is 2.27 bits per heavy atom. The maximum Gasteiger partial charge on any atom is 0.343 e. The third-order valence-electron chi connectivity index (χ3n) is 5.97. The maximum atomic E-state index is 12.9. The van der Waals surface area contributed by atoms with E-state index in [9.17, 15) is 14.4 Å². The van der Waals surface area contributed by atoms with E-state index in [1.165, 1.54) is 26.5 Å². The van der Waals surface area contributed by atoms with Crippen LogP contribution in [0.3, 0.4) is 0 Å². The van der Waals surface area contributed by atoms with Crippen LogP contribution in [0, 0.1) is 0 Å². The van der Waals surface area contributed by atoms with E-state index in [2.05, 4.69) is 15.8 Å². The maximum absolute atomic E-state index is 12.9. The van der Waals surface area contributed by atoms with Gasteiger partial charge in [0.1, 0.15) is 11.5 Å². The molecule has 0 fully saturated rings. The lowest BCUT2D eigenvalue weighted by molar-refractivity contribution is -0.120. The van der Waals surface area contributed by atoms with E-state index in [4.69, 9.17) is 18.9 Å². The summed E-state index contributed by atoms with van der Waals surface area (Å²) in [6, 6.07) is 22.3. The van der Waals surface area contributed by atoms with Crippen LogP contribution in [0.25, 0.3) is 10.8 Å². The second-order valence-corrected chi connectivity index (χ2v) is 8.59. The minimum atomic E-state index is -0.556. The van der Waals surface area contributed by atoms with E-state index >= 15 is 0 Å². The van der Waals surface area contributed by atoms with Crippen molar-refractivity contribution in [3.8, 4) is 23.0 Å². The molecule has 0 aliphatic carbocycles. The molecule has 0 atom stereocenters. The Morgan fingerprint density at radius 2 is 1.54 bits per heavy atom. The Balaban J connectivity index is 1.44. The molecule has 0 aromatic heterocycles. The zero-order valence-electron chi connectivity index (χ0n) is 22.8. The second kappa shape index (κ2) is 13.6. The highest BCUT2D eigenvalue weighted by Crippen LogP contribution is 2.28. The number of hydrazone groups is 1. The van der Waals surface area contributed by atoms with Gasteiger partial charge in [0.15, 0.2) is 11.5 Å². The van der Waals surface area contributed by atoms with Gasteiger partial charge in [0, 0.05) is 11.1 Å². The number of nitrogens with one attached hydrogen (secondary N) is 2. The molecule has 0 radical (unpaired) electrons. The zero-order chi connectivity index (χ0) is 29.2. The molecule has 0 aliphatic rings. The van der Waals surface area contributed by atoms with E-state index in [0.717, 1.165) is 10.8 Å². The largest absolute Gasteiger partial charge is 0.494 e. The van der Waals surface area contributed by atoms with Crippen LogP contribution in [-0.2, 0) is 4.79 Å². The number of nitrogens with zero attached hydrogens (tertiary/aromatic N) is 1. The number of carbonyl (C=O) groups is 3. The first-order chi connectivity index (χ1) is 19.9. The molecule has 0 bridgehead atoms. The fraction of sp³-hybridized carbons (Fsp3) is 0.161. The summed E-state index contributed by atoms with van der Waals surface area (Å²) in [7, 11) is 2.96. The molecular weight excluding hydrogens is 526 g/mol. The van der Waals surface area contributed by atoms with Crippen molar-refractivity contribution in [2.24, 2.45) is 5.10 Å². The molecule has 0 saturated carbocycles. The van der Waals surface area contributed by atoms with Crippen LogP contribution >= 0.6 is 0 Å². The fourth-order valence-electron chi connectivity index (χ4n) is 3.96. The van der Waals surface area contributed by atoms with Gasteiger partial charge in [-0.3, -0.25) is 9.59 Å². The van der Waals surface area contributed by atoms with Crippen LogP contribution in [0.15, 0.2) is 84.0 Å². The van der Waals surface area contributed by atoms with Crippen LogP contribution < -0.4 is 29.7 Å². The minimum Gasteiger partial charge on any atom is -0.494 e. The molecule has 4 aromatic rings. The van der Waals surface area contributed by atoms with Crippen molar-refractivity contribution in [2.75, 3.05) is 27.4 Å². The number of benzene rings is 4. The summed E-state index contributed by atoms with van der Waals surface area (Å²) in [5, 5.41) is 8.24. The highest BCUT2D eigenvalue weighted by atomic mass is 16.5. The monoisotopic (exact) mass is 555 g/mol. The smallest absolute Gasteiger partial charge is 0.343 e. The number of methoxy groups -OCH3 is 2. The Kier molecular flexibility index (Phi) is 9.50. The predicted octanol–water partition coefficient (Wildman–Crippen LogP) is 4.36. The van der Waals surface area contributed by atoms with Gasteiger partial charge >= 0.3 is 5.97 Å². The Hall–Kier alpha value is -5.38. The Morgan fingerprint density at radius 1 is 0.829 bits per heavy atom. The molecule has 0 heterocycles. The molecule has 0 spiro atoms. The SMILES string of the molecule is CCOc1ccc(C(=O)Oc2ccc3ccccc3c2/C=N/NC(=O)CNC(=O)c2ccc(OC)c(OC)c2)cc1. The quantitative estimate of drug-likeness (QED) is 0.122. The third-order valence-corrected chi connectivity index (χ3v) is 5.97. The van der Waals surface area contributed by atoms with E-state index in [-0.39, 0.29) is 12.3 Å². The summed E-state index contributed by atoms with van der Waals surface area (Å²) in [5.74, 6) is 0.212. The molecule has 10 nitrogen and oxygen atoms in total. The molecule has 4 aromatic carbocycles. The summed E-state index contributed by atoms with van der Waals surface area (Å²) in [6.45, 7) is 2.08. The number of fused-ring (bicyclic) bond motifs is 1. The first-order valence-electron chi connectivity index (χ1n) is 12.7. The summed E-state index contributed by atoms with van der Waals surface area (Å²) < 4.78 is 21.5. The number of carbonyl (C=O) groups excluding carboxylic acids is 3. The average Bonchev–Trinajstić information content (AvgIpc) is 3.00. The van der Waals surface area contributed by atoms with Crippen LogP contribution in [0.2, 0.25) is 0 Å². The highest BCUT2D eigenvalue weighted by molar-refractivity contribution is 6.04. The van der Waals surface area contributed by atoms with Crippen molar-refractivity contribution in [3.63, 3.8) is 0 Å². The first kappa shape index (κ1) is 28.6. The van der Waals surface area contributed by atoms with Gasteiger partial charge in [-0.2, -0.15) is 5.10 Å². The molecule has 41 heavy (non-hydrogen) atoms. The topological polar surface area (TPSA) is 125 Å². The number of hydrogen-bond acceptors (Lipinski definition) is 8. The van der Waals surface area contributed by atoms with Crippen molar-refractivity contribution in [1.29, 1.82) is 0 Å². The zero-order valence-corrected chi connectivity index (χ0v) is 22.8. The van der Waals surface area contributed by atoms with Gasteiger partial charge in [0.05, 0.1) is 39.1 Å². The second-order valence-electron chi connectivity index (χ2n) is 8.59. The molecule has 0 saturated heterocycles. The fourth-order valence-corrected chi connectivity index (χ4v) is 3.96. The third kappa shape index (κ3) is 7.18. The molecular formula is C31H29N3O7. The van der Waals surface area contributed by atoms with E-state index < -0.39 is 17.8 Å². The standard InChI is InChI=1S/C31H29N3O7/c1-4-40-23-13-9-21(10-14-23)31(37)41-26-15-11-20-7-5-6-8-24(20)25(26)18-33-34-29(35)19-32-30(36)22-12-16-27(38-2)28(17-22)39-3/h5-18H,4,19H2,1-3H3,(H,32,36)(H,34,35)/b33-18+. The van der Waals surface area contributed by atoms with Crippen molar-refractivity contribution >= 4 is 34.8 Å². The average molecular weight is 556 g/mol. The van der Waals surface area contributed by atoms with Crippen LogP contribution in [-0.4, -0.2) is 51.4 Å². The molecule has 4 rings (SSSR count). The van der Waals surface area contributed by atoms with Gasteiger partial charge in [0.2, 0.25) is 0 Å². The first-order valence-corrected chi connectivity index (χ1v) is 12.7. The lowest BCUT2D eigenvalue weighted by Gasteiger charge is -2.11. The Labute approximate surface area is 236 Å². The number of amides is 2. The van der Waals surface area contributed by atoms with Crippen molar-refractivity contribution in [2.45, 2.75) is 6.92 Å². The number of rotatable bonds is 11. The van der Waals surface area contributed by atoms with Crippen molar-refractivity contribution in [3.05, 3.63) is 95.6 Å². The summed E-state index contributed by atoms with van der Waals surface area (Å²) in [4.78, 5) is 37.8. The lowest BCUT2D eigenvalue weighted by Crippen LogP contribution is -2.34. The molecule has 2 amide bonds. The Bertz CT molecular complexity index is 1580. The van der Waals surface area contributed by atoms with Gasteiger partial charge in [-0.05, 0) is 66.2 Å². The van der Waals surface area contributed by atoms with Crippen LogP contribution in [0.5, 0.6) is 23.0 Å². The van der Waals surface area contributed by atoms with Gasteiger partial charge in [0.25, 0.3) is 11.8 Å². The van der Waals surface area contributed by atoms with Crippen molar-refractivity contribution < 1.29 is 33.3 Å². The number of esters is 1. The van der Waals surface area contributed by atoms with E-state index in [1.807, 2.05) is 37.3 Å². The number of hydrogen-bond donors (Lipinski definition) is 2. The summed E-state index contributed by atoms with van der Waals surface area (Å²) in [6.07, 6.45) is 1.40. The van der Waals surface area contributed by atoms with Gasteiger partial charge < -0.3 is 24.3 Å². The van der Waals surface area contributed by atoms with Crippen molar-refractivity contribution in [1.82, 2.24) is 10.7 Å². The normalized spacial score (nSPS) is 10.7. The molecule has 210 valence electrons. The minimum absolute atomic E-state index is 0.266. The van der Waals surface area contributed by atoms with Gasteiger partial charge in [-0.15, -0.1) is 0 Å². The summed E-state index contributed by atoms with van der Waals surface area (Å²) in [5.41, 5.74) is 3.54. The highest BCUT2D eigenvalue weighted by Gasteiger charge is 2.15. The van der Waals surface area contributed by atoms with Crippen LogP contribution in [0.4, 0.5) is 0 Å². The summed E-state index contributed by atoms with van der Waals surface area (Å²) >= 11 is 0. The van der Waals surface area contributed by atoms with E-state index in [1.54, 1.807) is 42.5 Å². The number of ether oxygens (including phenoxy) is 4. The van der Waals surface area contributed by atoms with E-state index in [0.29, 0.717) is 40.5 Å².